The van der Waals surface area contributed by atoms with Gasteiger partial charge >= 0.3 is 0 Å². The van der Waals surface area contributed by atoms with E-state index in [1.807, 2.05) is 6.92 Å². The van der Waals surface area contributed by atoms with Gasteiger partial charge in [-0.05, 0) is 25.6 Å². The van der Waals surface area contributed by atoms with Crippen LogP contribution in [0, 0.1) is 12.7 Å². The smallest absolute Gasteiger partial charge is 0.275 e. The lowest BCUT2D eigenvalue weighted by atomic mass is 10.2. The topological polar surface area (TPSA) is 76.0 Å². The van der Waals surface area contributed by atoms with Crippen LogP contribution in [0.3, 0.4) is 0 Å². The molecule has 0 unspecified atom stereocenters. The molecule has 1 amide bonds. The highest BCUT2D eigenvalue weighted by Crippen LogP contribution is 2.12. The van der Waals surface area contributed by atoms with E-state index >= 15 is 0 Å². The monoisotopic (exact) mass is 354 g/mol. The molecule has 2 N–H and O–H groups in total. The second-order valence-electron chi connectivity index (χ2n) is 4.97. The van der Waals surface area contributed by atoms with Crippen molar-refractivity contribution >= 4 is 18.3 Å². The fraction of sp³-hybridized carbons (Fsp3) is 0.312. The number of aromatic nitrogens is 2. The number of hydrogen-bond donors (Lipinski definition) is 2. The lowest BCUT2D eigenvalue weighted by Gasteiger charge is -2.12. The molecule has 0 bridgehead atoms. The van der Waals surface area contributed by atoms with E-state index in [0.29, 0.717) is 18.8 Å². The van der Waals surface area contributed by atoms with E-state index in [1.54, 1.807) is 19.1 Å². The first-order valence-corrected chi connectivity index (χ1v) is 7.39. The van der Waals surface area contributed by atoms with Crippen LogP contribution in [-0.2, 0) is 0 Å². The first kappa shape index (κ1) is 19.8. The molecule has 0 atom stereocenters. The van der Waals surface area contributed by atoms with Gasteiger partial charge in [0.05, 0.1) is 0 Å². The maximum Gasteiger partial charge on any atom is 0.275 e. The van der Waals surface area contributed by atoms with Gasteiger partial charge in [-0.1, -0.05) is 19.1 Å². The van der Waals surface area contributed by atoms with Crippen molar-refractivity contribution in [3.8, 4) is 5.69 Å². The highest BCUT2D eigenvalue weighted by Gasteiger charge is 2.16. The Morgan fingerprint density at radius 2 is 2.00 bits per heavy atom. The molecule has 0 fully saturated rings. The van der Waals surface area contributed by atoms with E-state index in [9.17, 15) is 14.0 Å². The quantitative estimate of drug-likeness (QED) is 0.770. The van der Waals surface area contributed by atoms with Crippen molar-refractivity contribution in [3.05, 3.63) is 57.8 Å². The number of benzene rings is 1. The molecule has 1 aromatic carbocycles. The molecule has 24 heavy (non-hydrogen) atoms. The van der Waals surface area contributed by atoms with Crippen LogP contribution in [0.1, 0.15) is 23.1 Å². The Bertz CT molecular complexity index is 764. The zero-order chi connectivity index (χ0) is 16.8. The average molecular weight is 355 g/mol. The Kier molecular flexibility index (Phi) is 7.54. The summed E-state index contributed by atoms with van der Waals surface area (Å²) in [7, 11) is 0. The van der Waals surface area contributed by atoms with Gasteiger partial charge in [-0.2, -0.15) is 5.10 Å². The highest BCUT2D eigenvalue weighted by molar-refractivity contribution is 5.92. The number of halogens is 2. The van der Waals surface area contributed by atoms with E-state index < -0.39 is 17.2 Å². The normalized spacial score (nSPS) is 10.1. The van der Waals surface area contributed by atoms with Gasteiger partial charge in [-0.3, -0.25) is 9.59 Å². The predicted octanol–water partition coefficient (Wildman–Crippen LogP) is 1.44. The third kappa shape index (κ3) is 4.62. The number of nitrogens with zero attached hydrogens (tertiary/aromatic N) is 2. The highest BCUT2D eigenvalue weighted by atomic mass is 35.5. The van der Waals surface area contributed by atoms with Crippen molar-refractivity contribution in [1.29, 1.82) is 0 Å². The Hall–Kier alpha value is -2.25. The fourth-order valence-corrected chi connectivity index (χ4v) is 2.10. The zero-order valence-corrected chi connectivity index (χ0v) is 14.3. The van der Waals surface area contributed by atoms with Gasteiger partial charge in [0.25, 0.3) is 5.91 Å². The molecular weight excluding hydrogens is 335 g/mol. The van der Waals surface area contributed by atoms with E-state index in [0.717, 1.165) is 6.54 Å². The maximum atomic E-state index is 13.9. The van der Waals surface area contributed by atoms with Gasteiger partial charge in [-0.15, -0.1) is 12.4 Å². The largest absolute Gasteiger partial charge is 0.349 e. The molecule has 0 saturated carbocycles. The number of rotatable bonds is 6. The molecule has 0 aliphatic heterocycles. The summed E-state index contributed by atoms with van der Waals surface area (Å²) in [6.07, 6.45) is 0. The van der Waals surface area contributed by atoms with Crippen molar-refractivity contribution in [2.45, 2.75) is 13.8 Å². The Morgan fingerprint density at radius 1 is 1.29 bits per heavy atom. The van der Waals surface area contributed by atoms with Crippen LogP contribution in [0.25, 0.3) is 5.69 Å². The number of nitrogens with one attached hydrogen (secondary N) is 2. The van der Waals surface area contributed by atoms with Gasteiger partial charge in [0.2, 0.25) is 5.43 Å². The summed E-state index contributed by atoms with van der Waals surface area (Å²) in [6.45, 7) is 5.35. The number of amides is 1. The maximum absolute atomic E-state index is 13.9. The molecule has 0 spiro atoms. The van der Waals surface area contributed by atoms with Crippen molar-refractivity contribution in [2.24, 2.45) is 0 Å². The molecule has 6 nitrogen and oxygen atoms in total. The van der Waals surface area contributed by atoms with E-state index in [-0.39, 0.29) is 23.8 Å². The van der Waals surface area contributed by atoms with E-state index in [2.05, 4.69) is 15.7 Å². The van der Waals surface area contributed by atoms with Gasteiger partial charge < -0.3 is 10.6 Å². The number of carbonyl (C=O) groups excluding carboxylic acids is 1. The summed E-state index contributed by atoms with van der Waals surface area (Å²) in [5, 5.41) is 9.71. The van der Waals surface area contributed by atoms with Gasteiger partial charge in [0.15, 0.2) is 5.69 Å². The summed E-state index contributed by atoms with van der Waals surface area (Å²) in [4.78, 5) is 24.1. The summed E-state index contributed by atoms with van der Waals surface area (Å²) in [5.74, 6) is -1.05. The molecule has 0 aliphatic carbocycles. The van der Waals surface area contributed by atoms with Crippen molar-refractivity contribution in [2.75, 3.05) is 19.6 Å². The van der Waals surface area contributed by atoms with Crippen LogP contribution in [0.2, 0.25) is 0 Å². The zero-order valence-electron chi connectivity index (χ0n) is 13.5. The Labute approximate surface area is 145 Å². The van der Waals surface area contributed by atoms with E-state index in [4.69, 9.17) is 0 Å². The number of aryl methyl sites for hydroxylation is 1. The van der Waals surface area contributed by atoms with Gasteiger partial charge in [-0.25, -0.2) is 9.07 Å². The van der Waals surface area contributed by atoms with Gasteiger partial charge in [0.1, 0.15) is 11.5 Å². The molecule has 1 aromatic heterocycles. The Morgan fingerprint density at radius 3 is 2.67 bits per heavy atom. The molecule has 8 heteroatoms. The summed E-state index contributed by atoms with van der Waals surface area (Å²) < 4.78 is 15.2. The van der Waals surface area contributed by atoms with Gasteiger partial charge in [0, 0.05) is 24.8 Å². The van der Waals surface area contributed by atoms with Crippen molar-refractivity contribution in [1.82, 2.24) is 20.4 Å². The third-order valence-electron chi connectivity index (χ3n) is 3.24. The molecule has 0 saturated heterocycles. The fourth-order valence-electron chi connectivity index (χ4n) is 2.10. The van der Waals surface area contributed by atoms with Crippen LogP contribution < -0.4 is 16.1 Å². The molecular formula is C16H20ClFN4O2. The first-order valence-electron chi connectivity index (χ1n) is 7.39. The predicted molar refractivity (Wildman–Crippen MR) is 92.7 cm³/mol. The van der Waals surface area contributed by atoms with Crippen molar-refractivity contribution in [3.63, 3.8) is 0 Å². The minimum Gasteiger partial charge on any atom is -0.349 e. The first-order chi connectivity index (χ1) is 11.0. The van der Waals surface area contributed by atoms with Crippen LogP contribution in [0.5, 0.6) is 0 Å². The molecule has 2 aromatic rings. The minimum atomic E-state index is -0.571. The summed E-state index contributed by atoms with van der Waals surface area (Å²) in [5.41, 5.74) is -0.109. The lowest BCUT2D eigenvalue weighted by Crippen LogP contribution is -2.36. The molecule has 130 valence electrons. The minimum absolute atomic E-state index is 0. The summed E-state index contributed by atoms with van der Waals surface area (Å²) in [6, 6.07) is 7.33. The Balaban J connectivity index is 0.00000288. The molecule has 2 rings (SSSR count). The third-order valence-corrected chi connectivity index (χ3v) is 3.24. The second-order valence-corrected chi connectivity index (χ2v) is 4.97. The lowest BCUT2D eigenvalue weighted by molar-refractivity contribution is 0.0946. The molecule has 0 aliphatic rings. The molecule has 0 radical (unpaired) electrons. The van der Waals surface area contributed by atoms with Crippen molar-refractivity contribution < 1.29 is 9.18 Å². The van der Waals surface area contributed by atoms with Crippen LogP contribution in [0.4, 0.5) is 4.39 Å². The van der Waals surface area contributed by atoms with Crippen LogP contribution in [-0.4, -0.2) is 35.3 Å². The van der Waals surface area contributed by atoms with Crippen LogP contribution >= 0.6 is 12.4 Å². The van der Waals surface area contributed by atoms with Crippen LogP contribution in [0.15, 0.2) is 35.1 Å². The number of likely N-dealkylation sites (N-methyl/N-ethyl adjacent to an activating group) is 1. The second kappa shape index (κ2) is 9.14. The number of para-hydroxylation sites is 1. The molecule has 1 heterocycles. The standard InChI is InChI=1S/C16H19FN4O2.ClH/c1-3-18-8-9-19-16(23)15-14(22)10-11(2)21(20-15)13-7-5-4-6-12(13)17;/h4-7,10,18H,3,8-9H2,1-2H3,(H,19,23);1H. The summed E-state index contributed by atoms with van der Waals surface area (Å²) >= 11 is 0. The van der Waals surface area contributed by atoms with E-state index in [1.165, 1.54) is 22.9 Å². The SMILES string of the molecule is CCNCCNC(=O)c1nn(-c2ccccc2F)c(C)cc1=O.Cl. The average Bonchev–Trinajstić information content (AvgIpc) is 2.52. The number of hydrogen-bond acceptors (Lipinski definition) is 4. The number of carbonyl (C=O) groups is 1.